The third kappa shape index (κ3) is 2.54. The van der Waals surface area contributed by atoms with Gasteiger partial charge in [0, 0.05) is 17.1 Å². The lowest BCUT2D eigenvalue weighted by Crippen LogP contribution is -1.99. The van der Waals surface area contributed by atoms with Crippen LogP contribution in [0.5, 0.6) is 0 Å². The molecule has 4 nitrogen and oxygen atoms in total. The number of nitrogens with two attached hydrogens (primary N) is 1. The fourth-order valence-corrected chi connectivity index (χ4v) is 1.81. The molecule has 0 aromatic carbocycles. The van der Waals surface area contributed by atoms with Gasteiger partial charge >= 0.3 is 0 Å². The Kier molecular flexibility index (Phi) is 3.33. The largest absolute Gasteiger partial charge is 0.341 e. The van der Waals surface area contributed by atoms with Crippen LogP contribution >= 0.6 is 15.9 Å². The number of hydrogen-bond acceptors (Lipinski definition) is 3. The van der Waals surface area contributed by atoms with Gasteiger partial charge in [-0.05, 0) is 41.4 Å². The molecule has 3 N–H and O–H groups in total. The summed E-state index contributed by atoms with van der Waals surface area (Å²) in [6.45, 7) is 0.740. The second-order valence-corrected chi connectivity index (χ2v) is 4.37. The molecular formula is C10H13BrN4. The van der Waals surface area contributed by atoms with Crippen molar-refractivity contribution in [3.63, 3.8) is 0 Å². The van der Waals surface area contributed by atoms with Crippen molar-refractivity contribution in [2.75, 3.05) is 6.54 Å². The summed E-state index contributed by atoms with van der Waals surface area (Å²) in [5, 5.41) is 0. The molecule has 0 unspecified atom stereocenters. The van der Waals surface area contributed by atoms with E-state index in [2.05, 4.69) is 30.9 Å². The number of nitrogens with one attached hydrogen (secondary N) is 1. The Bertz CT molecular complexity index is 452. The molecular weight excluding hydrogens is 256 g/mol. The molecule has 0 amide bonds. The van der Waals surface area contributed by atoms with Crippen LogP contribution in [0, 0.1) is 0 Å². The zero-order valence-electron chi connectivity index (χ0n) is 8.33. The maximum atomic E-state index is 5.44. The van der Waals surface area contributed by atoms with E-state index < -0.39 is 0 Å². The van der Waals surface area contributed by atoms with E-state index in [4.69, 9.17) is 5.73 Å². The molecule has 0 radical (unpaired) electrons. The van der Waals surface area contributed by atoms with Crippen molar-refractivity contribution in [2.24, 2.45) is 5.73 Å². The molecule has 80 valence electrons. The zero-order chi connectivity index (χ0) is 10.7. The van der Waals surface area contributed by atoms with Gasteiger partial charge in [0.25, 0.3) is 0 Å². The number of aromatic amines is 1. The van der Waals surface area contributed by atoms with Crippen LogP contribution in [0.2, 0.25) is 0 Å². The van der Waals surface area contributed by atoms with Crippen molar-refractivity contribution < 1.29 is 0 Å². The van der Waals surface area contributed by atoms with Crippen molar-refractivity contribution in [3.05, 3.63) is 22.6 Å². The lowest BCUT2D eigenvalue weighted by molar-refractivity contribution is 0.724. The third-order valence-electron chi connectivity index (χ3n) is 2.22. The topological polar surface area (TPSA) is 67.6 Å². The Balaban J connectivity index is 2.16. The van der Waals surface area contributed by atoms with E-state index in [1.54, 1.807) is 6.20 Å². The van der Waals surface area contributed by atoms with Gasteiger partial charge in [0.15, 0.2) is 5.65 Å². The number of aromatic nitrogens is 3. The summed E-state index contributed by atoms with van der Waals surface area (Å²) in [6, 6.07) is 1.99. The quantitative estimate of drug-likeness (QED) is 0.834. The minimum absolute atomic E-state index is 0.740. The van der Waals surface area contributed by atoms with Gasteiger partial charge < -0.3 is 10.7 Å². The molecule has 5 heteroatoms. The molecule has 0 aliphatic rings. The average Bonchev–Trinajstić information content (AvgIpc) is 2.60. The van der Waals surface area contributed by atoms with E-state index in [0.717, 1.165) is 47.3 Å². The second kappa shape index (κ2) is 4.72. The fourth-order valence-electron chi connectivity index (χ4n) is 1.48. The fraction of sp³-hybridized carbons (Fsp3) is 0.400. The monoisotopic (exact) mass is 268 g/mol. The molecule has 15 heavy (non-hydrogen) atoms. The van der Waals surface area contributed by atoms with Crippen LogP contribution in [-0.2, 0) is 6.42 Å². The third-order valence-corrected chi connectivity index (χ3v) is 2.65. The number of halogens is 1. The predicted molar refractivity (Wildman–Crippen MR) is 63.6 cm³/mol. The maximum Gasteiger partial charge on any atom is 0.177 e. The Labute approximate surface area is 96.4 Å². The van der Waals surface area contributed by atoms with Crippen LogP contribution in [0.1, 0.15) is 18.7 Å². The van der Waals surface area contributed by atoms with Gasteiger partial charge in [-0.3, -0.25) is 0 Å². The zero-order valence-corrected chi connectivity index (χ0v) is 9.92. The van der Waals surface area contributed by atoms with E-state index in [0.29, 0.717) is 0 Å². The second-order valence-electron chi connectivity index (χ2n) is 3.45. The number of rotatable bonds is 4. The molecule has 0 saturated carbocycles. The molecule has 0 bridgehead atoms. The number of H-pyrrole nitrogens is 1. The Morgan fingerprint density at radius 3 is 3.07 bits per heavy atom. The van der Waals surface area contributed by atoms with Crippen LogP contribution in [0.4, 0.5) is 0 Å². The van der Waals surface area contributed by atoms with E-state index >= 15 is 0 Å². The van der Waals surface area contributed by atoms with E-state index in [-0.39, 0.29) is 0 Å². The molecule has 2 heterocycles. The molecule has 0 saturated heterocycles. The minimum Gasteiger partial charge on any atom is -0.341 e. The van der Waals surface area contributed by atoms with Crippen LogP contribution in [0.25, 0.3) is 11.2 Å². The lowest BCUT2D eigenvalue weighted by atomic mass is 10.2. The maximum absolute atomic E-state index is 5.44. The van der Waals surface area contributed by atoms with Crippen LogP contribution in [0.15, 0.2) is 16.7 Å². The van der Waals surface area contributed by atoms with Gasteiger partial charge in [0.1, 0.15) is 5.82 Å². The molecule has 2 rings (SSSR count). The summed E-state index contributed by atoms with van der Waals surface area (Å²) >= 11 is 3.38. The van der Waals surface area contributed by atoms with Crippen molar-refractivity contribution in [1.29, 1.82) is 0 Å². The number of aryl methyl sites for hydroxylation is 1. The first-order chi connectivity index (χ1) is 7.29. The van der Waals surface area contributed by atoms with E-state index in [9.17, 15) is 0 Å². The highest BCUT2D eigenvalue weighted by Gasteiger charge is 2.03. The van der Waals surface area contributed by atoms with Crippen LogP contribution < -0.4 is 5.73 Å². The SMILES string of the molecule is NCCCCc1nc2ncc(Br)cc2[nH]1. The molecule has 2 aromatic heterocycles. The lowest BCUT2D eigenvalue weighted by Gasteiger charge is -1.93. The highest BCUT2D eigenvalue weighted by atomic mass is 79.9. The number of imidazole rings is 1. The highest BCUT2D eigenvalue weighted by Crippen LogP contribution is 2.15. The first-order valence-electron chi connectivity index (χ1n) is 5.00. The van der Waals surface area contributed by atoms with Gasteiger partial charge in [-0.25, -0.2) is 9.97 Å². The summed E-state index contributed by atoms with van der Waals surface area (Å²) in [7, 11) is 0. The molecule has 0 atom stereocenters. The molecule has 2 aromatic rings. The normalized spacial score (nSPS) is 11.1. The molecule has 0 fully saturated rings. The van der Waals surface area contributed by atoms with Gasteiger partial charge in [0.05, 0.1) is 5.52 Å². The van der Waals surface area contributed by atoms with Crippen LogP contribution in [-0.4, -0.2) is 21.5 Å². The minimum atomic E-state index is 0.740. The molecule has 0 spiro atoms. The van der Waals surface area contributed by atoms with E-state index in [1.165, 1.54) is 0 Å². The summed E-state index contributed by atoms with van der Waals surface area (Å²) in [5.41, 5.74) is 7.20. The Hall–Kier alpha value is -0.940. The van der Waals surface area contributed by atoms with Crippen molar-refractivity contribution in [1.82, 2.24) is 15.0 Å². The standard InChI is InChI=1S/C10H13BrN4/c11-7-5-8-10(13-6-7)15-9(14-8)3-1-2-4-12/h5-6H,1-4,12H2,(H,13,14,15). The average molecular weight is 269 g/mol. The summed E-state index contributed by atoms with van der Waals surface area (Å²) in [5.74, 6) is 0.990. The van der Waals surface area contributed by atoms with Crippen molar-refractivity contribution in [2.45, 2.75) is 19.3 Å². The van der Waals surface area contributed by atoms with Crippen molar-refractivity contribution >= 4 is 27.1 Å². The Morgan fingerprint density at radius 1 is 1.40 bits per heavy atom. The number of hydrogen-bond donors (Lipinski definition) is 2. The number of fused-ring (bicyclic) bond motifs is 1. The van der Waals surface area contributed by atoms with Gasteiger partial charge in [0.2, 0.25) is 0 Å². The first kappa shape index (κ1) is 10.6. The molecule has 0 aliphatic carbocycles. The first-order valence-corrected chi connectivity index (χ1v) is 5.79. The van der Waals surface area contributed by atoms with Gasteiger partial charge in [-0.1, -0.05) is 0 Å². The van der Waals surface area contributed by atoms with Gasteiger partial charge in [-0.2, -0.15) is 0 Å². The number of nitrogens with zero attached hydrogens (tertiary/aromatic N) is 2. The predicted octanol–water partition coefficient (Wildman–Crippen LogP) is 2.00. The summed E-state index contributed by atoms with van der Waals surface area (Å²) < 4.78 is 0.965. The summed E-state index contributed by atoms with van der Waals surface area (Å²) in [4.78, 5) is 11.9. The Morgan fingerprint density at radius 2 is 2.27 bits per heavy atom. The van der Waals surface area contributed by atoms with E-state index in [1.807, 2.05) is 6.07 Å². The van der Waals surface area contributed by atoms with Crippen molar-refractivity contribution in [3.8, 4) is 0 Å². The smallest absolute Gasteiger partial charge is 0.177 e. The van der Waals surface area contributed by atoms with Gasteiger partial charge in [-0.15, -0.1) is 0 Å². The summed E-state index contributed by atoms with van der Waals surface area (Å²) in [6.07, 6.45) is 4.80. The van der Waals surface area contributed by atoms with Crippen LogP contribution in [0.3, 0.4) is 0 Å². The highest BCUT2D eigenvalue weighted by molar-refractivity contribution is 9.10. The molecule has 0 aliphatic heterocycles. The number of pyridine rings is 1. The number of unbranched alkanes of at least 4 members (excludes halogenated alkanes) is 1.